The largest absolute Gasteiger partial charge is 0.508 e. The summed E-state index contributed by atoms with van der Waals surface area (Å²) in [6.07, 6.45) is 11.4. The van der Waals surface area contributed by atoms with Crippen molar-refractivity contribution in [3.05, 3.63) is 82.8 Å². The van der Waals surface area contributed by atoms with Gasteiger partial charge in [-0.3, -0.25) is 24.8 Å². The molecule has 2 bridgehead atoms. The number of imide groups is 1. The normalized spacial score (nSPS) is 21.6. The molecule has 57 heavy (non-hydrogen) atoms. The van der Waals surface area contributed by atoms with Crippen LogP contribution in [-0.4, -0.2) is 81.6 Å². The molecule has 2 amide bonds. The fourth-order valence-corrected chi connectivity index (χ4v) is 8.94. The summed E-state index contributed by atoms with van der Waals surface area (Å²) in [6, 6.07) is 11.0. The van der Waals surface area contributed by atoms with Crippen LogP contribution in [0.4, 0.5) is 19.0 Å². The van der Waals surface area contributed by atoms with E-state index in [0.29, 0.717) is 54.8 Å². The Kier molecular flexibility index (Phi) is 9.66. The van der Waals surface area contributed by atoms with Gasteiger partial charge in [0.15, 0.2) is 5.82 Å². The van der Waals surface area contributed by atoms with Crippen molar-refractivity contribution < 1.29 is 32.6 Å². The predicted octanol–water partition coefficient (Wildman–Crippen LogP) is 5.70. The Hall–Kier alpha value is -5.78. The maximum atomic E-state index is 16.9. The van der Waals surface area contributed by atoms with Gasteiger partial charge in [0, 0.05) is 60.8 Å². The molecule has 6 heterocycles. The number of ether oxygens (including phenoxy) is 1. The average Bonchev–Trinajstić information content (AvgIpc) is 3.54. The van der Waals surface area contributed by atoms with Gasteiger partial charge in [-0.05, 0) is 86.3 Å². The summed E-state index contributed by atoms with van der Waals surface area (Å²) in [6.45, 7) is 3.70. The van der Waals surface area contributed by atoms with Crippen molar-refractivity contribution in [1.82, 2.24) is 30.5 Å². The molecule has 4 aliphatic rings. The van der Waals surface area contributed by atoms with Crippen LogP contribution in [0.25, 0.3) is 32.9 Å². The minimum atomic E-state index is -0.770. The Morgan fingerprint density at radius 2 is 1.74 bits per heavy atom. The zero-order valence-electron chi connectivity index (χ0n) is 31.0. The summed E-state index contributed by atoms with van der Waals surface area (Å²) >= 11 is 0. The highest BCUT2D eigenvalue weighted by molar-refractivity contribution is 6.03. The number of carbonyl (C=O) groups is 2. The van der Waals surface area contributed by atoms with Crippen molar-refractivity contribution in [3.8, 4) is 35.4 Å². The number of hydrogen-bond donors (Lipinski definition) is 3. The van der Waals surface area contributed by atoms with Crippen LogP contribution in [0.5, 0.6) is 11.8 Å². The lowest BCUT2D eigenvalue weighted by molar-refractivity contribution is -0.134. The van der Waals surface area contributed by atoms with Crippen molar-refractivity contribution in [2.75, 3.05) is 37.7 Å². The number of likely N-dealkylation sites (tertiary alicyclic amines) is 1. The van der Waals surface area contributed by atoms with E-state index < -0.39 is 29.3 Å². The van der Waals surface area contributed by atoms with Gasteiger partial charge in [-0.1, -0.05) is 24.1 Å². The van der Waals surface area contributed by atoms with Gasteiger partial charge >= 0.3 is 6.01 Å². The Morgan fingerprint density at radius 3 is 2.47 bits per heavy atom. The van der Waals surface area contributed by atoms with Crippen molar-refractivity contribution in [2.24, 2.45) is 5.92 Å². The molecule has 4 saturated heterocycles. The average molecular weight is 776 g/mol. The Labute approximate surface area is 326 Å². The summed E-state index contributed by atoms with van der Waals surface area (Å²) in [4.78, 5) is 42.1. The molecule has 0 spiro atoms. The number of amides is 2. The number of nitrogens with zero attached hydrogens (tertiary/aromatic N) is 5. The number of phenolic OH excluding ortho intramolecular Hbond substituents is 1. The second kappa shape index (κ2) is 14.9. The maximum Gasteiger partial charge on any atom is 0.319 e. The van der Waals surface area contributed by atoms with Crippen molar-refractivity contribution in [3.63, 3.8) is 0 Å². The highest BCUT2D eigenvalue weighted by Gasteiger charge is 2.35. The quantitative estimate of drug-likeness (QED) is 0.133. The van der Waals surface area contributed by atoms with Crippen molar-refractivity contribution in [2.45, 2.75) is 63.1 Å². The topological polar surface area (TPSA) is 133 Å². The SMILES string of the molecule is C#Cc1c(F)ccc2cc(O)cc(-c3ncc4c(N5C[C@H]6CC[C@@H](C5)N6)nc(OCC5CCN(Cc6ccc(C7CCC(=O)NC7=O)c(F)c6)CC5)nc4c3F)c12. The minimum Gasteiger partial charge on any atom is -0.508 e. The Bertz CT molecular complexity index is 2470. The molecule has 3 atom stereocenters. The van der Waals surface area contributed by atoms with Crippen LogP contribution in [0.1, 0.15) is 61.1 Å². The summed E-state index contributed by atoms with van der Waals surface area (Å²) in [7, 11) is 0. The number of rotatable bonds is 8. The lowest BCUT2D eigenvalue weighted by atomic mass is 9.89. The van der Waals surface area contributed by atoms with Crippen LogP contribution < -0.4 is 20.3 Å². The number of hydrogen-bond acceptors (Lipinski definition) is 10. The number of halogens is 3. The second-order valence-corrected chi connectivity index (χ2v) is 15.6. The van der Waals surface area contributed by atoms with E-state index in [1.54, 1.807) is 6.07 Å². The molecule has 14 heteroatoms. The first-order valence-electron chi connectivity index (χ1n) is 19.4. The van der Waals surface area contributed by atoms with Crippen molar-refractivity contribution >= 4 is 39.3 Å². The standard InChI is InChI=1S/C43H40F3N7O4/c1-2-29-34(44)9-4-25-16-28(54)17-32(37(25)29)39-38(46)40-33(18-47-39)41(53-20-26-5-6-27(21-53)48-26)51-43(50-40)57-22-23-11-13-52(14-12-23)19-24-3-7-30(35(45)15-24)31-8-10-36(55)49-42(31)56/h1,3-4,7,9,15-18,23,26-27,31,48,54H,5-6,8,10-14,19-22H2,(H,49,55,56)/t26-,27+,31?. The number of fused-ring (bicyclic) bond motifs is 4. The second-order valence-electron chi connectivity index (χ2n) is 15.6. The zero-order valence-corrected chi connectivity index (χ0v) is 31.0. The molecule has 9 rings (SSSR count). The van der Waals surface area contributed by atoms with E-state index in [4.69, 9.17) is 16.1 Å². The van der Waals surface area contributed by atoms with Crippen LogP contribution in [0.2, 0.25) is 0 Å². The van der Waals surface area contributed by atoms with Crippen LogP contribution in [0.15, 0.2) is 48.7 Å². The molecule has 3 N–H and O–H groups in total. The fourth-order valence-electron chi connectivity index (χ4n) is 8.94. The molecule has 4 fully saturated rings. The zero-order chi connectivity index (χ0) is 39.4. The van der Waals surface area contributed by atoms with Gasteiger partial charge in [0.2, 0.25) is 11.8 Å². The van der Waals surface area contributed by atoms with E-state index >= 15 is 8.78 Å². The number of anilines is 1. The smallest absolute Gasteiger partial charge is 0.319 e. The van der Waals surface area contributed by atoms with Gasteiger partial charge < -0.3 is 20.1 Å². The fraction of sp³-hybridized carbons (Fsp3) is 0.372. The van der Waals surface area contributed by atoms with E-state index in [9.17, 15) is 19.1 Å². The van der Waals surface area contributed by atoms with Gasteiger partial charge in [0.1, 0.15) is 34.4 Å². The first-order valence-corrected chi connectivity index (χ1v) is 19.4. The molecule has 2 aromatic heterocycles. The molecule has 0 saturated carbocycles. The number of pyridine rings is 1. The van der Waals surface area contributed by atoms with Gasteiger partial charge in [-0.2, -0.15) is 9.97 Å². The number of aromatic nitrogens is 3. The molecule has 5 aromatic rings. The highest BCUT2D eigenvalue weighted by atomic mass is 19.1. The van der Waals surface area contributed by atoms with E-state index in [1.165, 1.54) is 36.5 Å². The van der Waals surface area contributed by atoms with Gasteiger partial charge in [0.05, 0.1) is 23.5 Å². The number of benzene rings is 3. The van der Waals surface area contributed by atoms with E-state index in [-0.39, 0.29) is 69.8 Å². The number of carbonyl (C=O) groups excluding carboxylic acids is 2. The first kappa shape index (κ1) is 36.8. The molecule has 292 valence electrons. The third kappa shape index (κ3) is 7.10. The Balaban J connectivity index is 0.949. The number of phenols is 1. The monoisotopic (exact) mass is 775 g/mol. The van der Waals surface area contributed by atoms with Crippen LogP contribution in [0.3, 0.4) is 0 Å². The Morgan fingerprint density at radius 1 is 0.947 bits per heavy atom. The van der Waals surface area contributed by atoms with Crippen molar-refractivity contribution in [1.29, 1.82) is 0 Å². The molecular formula is C43H40F3N7O4. The van der Waals surface area contributed by atoms with Gasteiger partial charge in [-0.15, -0.1) is 6.42 Å². The van der Waals surface area contributed by atoms with Crippen LogP contribution in [0, 0.1) is 35.7 Å². The van der Waals surface area contributed by atoms with Gasteiger partial charge in [-0.25, -0.2) is 13.2 Å². The molecule has 11 nitrogen and oxygen atoms in total. The highest BCUT2D eigenvalue weighted by Crippen LogP contribution is 2.39. The molecule has 4 aliphatic heterocycles. The summed E-state index contributed by atoms with van der Waals surface area (Å²) in [5.41, 5.74) is 1.03. The summed E-state index contributed by atoms with van der Waals surface area (Å²) < 4.78 is 53.2. The summed E-state index contributed by atoms with van der Waals surface area (Å²) in [5, 5.41) is 17.6. The van der Waals surface area contributed by atoms with E-state index in [1.807, 2.05) is 6.07 Å². The predicted molar refractivity (Wildman–Crippen MR) is 207 cm³/mol. The maximum absolute atomic E-state index is 16.9. The lowest BCUT2D eigenvalue weighted by Crippen LogP contribution is -2.51. The molecular weight excluding hydrogens is 736 g/mol. The minimum absolute atomic E-state index is 0.00768. The van der Waals surface area contributed by atoms with Gasteiger partial charge in [0.25, 0.3) is 0 Å². The molecule has 3 aromatic carbocycles. The molecule has 1 unspecified atom stereocenters. The first-order chi connectivity index (χ1) is 27.6. The number of piperazine rings is 1. The number of aromatic hydroxyl groups is 1. The third-order valence-corrected chi connectivity index (χ3v) is 11.9. The lowest BCUT2D eigenvalue weighted by Gasteiger charge is -2.34. The number of nitrogens with one attached hydrogen (secondary N) is 2. The van der Waals surface area contributed by atoms with Crippen LogP contribution in [-0.2, 0) is 16.1 Å². The molecule has 0 radical (unpaired) electrons. The van der Waals surface area contributed by atoms with E-state index in [0.717, 1.165) is 44.3 Å². The number of piperidine rings is 2. The molecule has 0 aliphatic carbocycles. The third-order valence-electron chi connectivity index (χ3n) is 11.9. The summed E-state index contributed by atoms with van der Waals surface area (Å²) in [5.74, 6) is -0.432. The van der Waals surface area contributed by atoms with E-state index in [2.05, 4.69) is 36.3 Å². The number of terminal acetylenes is 1. The van der Waals surface area contributed by atoms with Crippen LogP contribution >= 0.6 is 0 Å².